The van der Waals surface area contributed by atoms with E-state index in [4.69, 9.17) is 5.26 Å². The monoisotopic (exact) mass is 329 g/mol. The Hall–Kier alpha value is -2.24. The number of hydrogen-bond donors (Lipinski definition) is 3. The minimum atomic E-state index is 0.572. The fourth-order valence-electron chi connectivity index (χ4n) is 2.55. The molecular formula is C15H19N7S. The maximum absolute atomic E-state index is 8.85. The second-order valence-electron chi connectivity index (χ2n) is 5.53. The molecule has 0 aliphatic carbocycles. The lowest BCUT2D eigenvalue weighted by molar-refractivity contribution is 0.389. The van der Waals surface area contributed by atoms with E-state index < -0.39 is 0 Å². The van der Waals surface area contributed by atoms with Gasteiger partial charge in [0.15, 0.2) is 5.13 Å². The molecular weight excluding hydrogens is 310 g/mol. The quantitative estimate of drug-likeness (QED) is 0.774. The Labute approximate surface area is 139 Å². The van der Waals surface area contributed by atoms with E-state index in [0.717, 1.165) is 25.5 Å². The summed E-state index contributed by atoms with van der Waals surface area (Å²) in [5.74, 6) is 2.87. The zero-order valence-corrected chi connectivity index (χ0v) is 13.8. The van der Waals surface area contributed by atoms with Crippen molar-refractivity contribution in [1.82, 2.24) is 20.3 Å². The van der Waals surface area contributed by atoms with Gasteiger partial charge in [-0.2, -0.15) is 5.26 Å². The number of nitriles is 1. The van der Waals surface area contributed by atoms with Crippen molar-refractivity contribution in [3.8, 4) is 6.07 Å². The van der Waals surface area contributed by atoms with Gasteiger partial charge >= 0.3 is 0 Å². The summed E-state index contributed by atoms with van der Waals surface area (Å²) in [5, 5.41) is 19.4. The van der Waals surface area contributed by atoms with Crippen LogP contribution in [-0.2, 0) is 0 Å². The number of aromatic nitrogens is 3. The zero-order chi connectivity index (χ0) is 16.1. The van der Waals surface area contributed by atoms with Crippen LogP contribution in [0.25, 0.3) is 0 Å². The second kappa shape index (κ2) is 7.35. The van der Waals surface area contributed by atoms with Crippen LogP contribution < -0.4 is 16.0 Å². The van der Waals surface area contributed by atoms with Gasteiger partial charge in [0, 0.05) is 12.6 Å². The Morgan fingerprint density at radius 3 is 2.87 bits per heavy atom. The number of hydrogen-bond acceptors (Lipinski definition) is 8. The predicted octanol–water partition coefficient (Wildman–Crippen LogP) is 2.27. The molecule has 1 aliphatic rings. The molecule has 3 rings (SSSR count). The second-order valence-corrected chi connectivity index (χ2v) is 6.56. The lowest BCUT2D eigenvalue weighted by Gasteiger charge is -2.23. The van der Waals surface area contributed by atoms with Gasteiger partial charge in [-0.05, 0) is 38.8 Å². The van der Waals surface area contributed by atoms with E-state index in [2.05, 4.69) is 37.0 Å². The van der Waals surface area contributed by atoms with Crippen molar-refractivity contribution < 1.29 is 0 Å². The van der Waals surface area contributed by atoms with E-state index in [1.54, 1.807) is 6.20 Å². The highest BCUT2D eigenvalue weighted by Gasteiger charge is 2.13. The Balaban J connectivity index is 1.64. The summed E-state index contributed by atoms with van der Waals surface area (Å²) < 4.78 is 0. The number of thiazole rings is 1. The molecule has 0 atom stereocenters. The maximum Gasteiger partial charge on any atom is 0.189 e. The smallest absolute Gasteiger partial charge is 0.189 e. The van der Waals surface area contributed by atoms with Crippen molar-refractivity contribution in [3.05, 3.63) is 23.0 Å². The van der Waals surface area contributed by atoms with E-state index in [-0.39, 0.29) is 0 Å². The van der Waals surface area contributed by atoms with E-state index in [1.165, 1.54) is 24.2 Å². The molecule has 0 bridgehead atoms. The standard InChI is InChI=1S/C15H19N7S/c1-10-20-13(18-8-11-2-4-17-5-3-11)6-14(21-10)22-15-19-9-12(7-16)23-15/h6,9,11,17H,2-5,8H2,1H3,(H2,18,19,20,21,22). The van der Waals surface area contributed by atoms with Crippen LogP contribution in [0.4, 0.5) is 16.8 Å². The first-order valence-corrected chi connectivity index (χ1v) is 8.48. The molecule has 0 spiro atoms. The van der Waals surface area contributed by atoms with Gasteiger partial charge in [0.2, 0.25) is 0 Å². The number of aryl methyl sites for hydroxylation is 1. The van der Waals surface area contributed by atoms with Gasteiger partial charge in [-0.3, -0.25) is 0 Å². The zero-order valence-electron chi connectivity index (χ0n) is 13.0. The molecule has 0 amide bonds. The first kappa shape index (κ1) is 15.6. The third kappa shape index (κ3) is 4.37. The van der Waals surface area contributed by atoms with Gasteiger partial charge in [0.05, 0.1) is 6.20 Å². The third-order valence-electron chi connectivity index (χ3n) is 3.72. The van der Waals surface area contributed by atoms with Gasteiger partial charge in [-0.1, -0.05) is 11.3 Å². The average Bonchev–Trinajstić information content (AvgIpc) is 3.01. The molecule has 23 heavy (non-hydrogen) atoms. The first-order valence-electron chi connectivity index (χ1n) is 7.66. The molecule has 1 saturated heterocycles. The number of anilines is 3. The Bertz CT molecular complexity index is 700. The molecule has 0 radical (unpaired) electrons. The molecule has 1 fully saturated rings. The van der Waals surface area contributed by atoms with Crippen molar-refractivity contribution in [2.45, 2.75) is 19.8 Å². The summed E-state index contributed by atoms with van der Waals surface area (Å²) in [6.07, 6.45) is 3.94. The molecule has 0 aromatic carbocycles. The molecule has 7 nitrogen and oxygen atoms in total. The summed E-state index contributed by atoms with van der Waals surface area (Å²) in [4.78, 5) is 13.5. The molecule has 0 unspecified atom stereocenters. The fraction of sp³-hybridized carbons (Fsp3) is 0.467. The summed E-state index contributed by atoms with van der Waals surface area (Å²) in [7, 11) is 0. The molecule has 3 heterocycles. The molecule has 8 heteroatoms. The van der Waals surface area contributed by atoms with Crippen LogP contribution in [0, 0.1) is 24.2 Å². The largest absolute Gasteiger partial charge is 0.370 e. The minimum Gasteiger partial charge on any atom is -0.370 e. The Morgan fingerprint density at radius 1 is 1.35 bits per heavy atom. The highest BCUT2D eigenvalue weighted by atomic mass is 32.1. The minimum absolute atomic E-state index is 0.572. The van der Waals surface area contributed by atoms with Crippen molar-refractivity contribution in [2.24, 2.45) is 5.92 Å². The van der Waals surface area contributed by atoms with Crippen LogP contribution in [0.15, 0.2) is 12.3 Å². The van der Waals surface area contributed by atoms with Crippen LogP contribution >= 0.6 is 11.3 Å². The number of nitrogens with one attached hydrogen (secondary N) is 3. The van der Waals surface area contributed by atoms with Crippen LogP contribution in [0.2, 0.25) is 0 Å². The number of nitrogens with zero attached hydrogens (tertiary/aromatic N) is 4. The summed E-state index contributed by atoms with van der Waals surface area (Å²) >= 11 is 1.30. The van der Waals surface area contributed by atoms with Crippen LogP contribution in [-0.4, -0.2) is 34.6 Å². The lowest BCUT2D eigenvalue weighted by atomic mass is 9.98. The van der Waals surface area contributed by atoms with Gasteiger partial charge in [0.25, 0.3) is 0 Å². The Kier molecular flexibility index (Phi) is 5.00. The molecule has 120 valence electrons. The predicted molar refractivity (Wildman–Crippen MR) is 91.0 cm³/mol. The highest BCUT2D eigenvalue weighted by molar-refractivity contribution is 7.16. The fourth-order valence-corrected chi connectivity index (χ4v) is 3.17. The summed E-state index contributed by atoms with van der Waals surface area (Å²) in [6.45, 7) is 4.97. The molecule has 3 N–H and O–H groups in total. The highest BCUT2D eigenvalue weighted by Crippen LogP contribution is 2.22. The number of rotatable bonds is 5. The lowest BCUT2D eigenvalue weighted by Crippen LogP contribution is -2.31. The third-order valence-corrected chi connectivity index (χ3v) is 4.54. The van der Waals surface area contributed by atoms with Crippen molar-refractivity contribution in [2.75, 3.05) is 30.3 Å². The molecule has 1 aliphatic heterocycles. The van der Waals surface area contributed by atoms with E-state index in [0.29, 0.717) is 27.6 Å². The van der Waals surface area contributed by atoms with E-state index in [9.17, 15) is 0 Å². The van der Waals surface area contributed by atoms with Gasteiger partial charge in [0.1, 0.15) is 28.4 Å². The van der Waals surface area contributed by atoms with Gasteiger partial charge in [-0.25, -0.2) is 15.0 Å². The SMILES string of the molecule is Cc1nc(NCC2CCNCC2)cc(Nc2ncc(C#N)s2)n1. The summed E-state index contributed by atoms with van der Waals surface area (Å²) in [5.41, 5.74) is 0. The molecule has 2 aromatic heterocycles. The average molecular weight is 329 g/mol. The maximum atomic E-state index is 8.85. The van der Waals surface area contributed by atoms with Crippen LogP contribution in [0.1, 0.15) is 23.5 Å². The van der Waals surface area contributed by atoms with Crippen LogP contribution in [0.3, 0.4) is 0 Å². The summed E-state index contributed by atoms with van der Waals surface area (Å²) in [6, 6.07) is 3.95. The Morgan fingerprint density at radius 2 is 2.13 bits per heavy atom. The van der Waals surface area contributed by atoms with E-state index >= 15 is 0 Å². The number of piperidine rings is 1. The van der Waals surface area contributed by atoms with Crippen molar-refractivity contribution in [1.29, 1.82) is 5.26 Å². The topological polar surface area (TPSA) is 98.5 Å². The molecule has 0 saturated carbocycles. The van der Waals surface area contributed by atoms with Crippen molar-refractivity contribution >= 4 is 28.1 Å². The normalized spacial score (nSPS) is 15.1. The van der Waals surface area contributed by atoms with Gasteiger partial charge in [-0.15, -0.1) is 0 Å². The van der Waals surface area contributed by atoms with E-state index in [1.807, 2.05) is 13.0 Å². The molecule has 2 aromatic rings. The van der Waals surface area contributed by atoms with Crippen LogP contribution in [0.5, 0.6) is 0 Å². The van der Waals surface area contributed by atoms with Gasteiger partial charge < -0.3 is 16.0 Å². The van der Waals surface area contributed by atoms with Crippen molar-refractivity contribution in [3.63, 3.8) is 0 Å². The first-order chi connectivity index (χ1) is 11.2.